The first-order valence-electron chi connectivity index (χ1n) is 6.88. The molecule has 0 N–H and O–H groups in total. The lowest BCUT2D eigenvalue weighted by molar-refractivity contribution is 0.111. The van der Waals surface area contributed by atoms with Gasteiger partial charge in [0, 0.05) is 18.0 Å². The number of carbonyl (C=O) groups excluding carboxylic acids is 1. The van der Waals surface area contributed by atoms with Gasteiger partial charge in [0.1, 0.15) is 18.1 Å². The monoisotopic (exact) mass is 296 g/mol. The molecule has 5 nitrogen and oxygen atoms in total. The summed E-state index contributed by atoms with van der Waals surface area (Å²) in [5.41, 5.74) is 2.54. The molecule has 1 aromatic heterocycles. The van der Waals surface area contributed by atoms with Gasteiger partial charge in [-0.05, 0) is 24.3 Å². The van der Waals surface area contributed by atoms with Crippen LogP contribution >= 0.6 is 0 Å². The number of methoxy groups -OCH3 is 1. The summed E-state index contributed by atoms with van der Waals surface area (Å²) >= 11 is 0. The molecule has 0 atom stereocenters. The van der Waals surface area contributed by atoms with Gasteiger partial charge in [0.2, 0.25) is 0 Å². The summed E-state index contributed by atoms with van der Waals surface area (Å²) in [6.45, 7) is 0.371. The second-order valence-electron chi connectivity index (χ2n) is 4.93. The van der Waals surface area contributed by atoms with Crippen LogP contribution < -0.4 is 9.47 Å². The number of aryl methyl sites for hydroxylation is 1. The molecule has 3 aromatic rings. The van der Waals surface area contributed by atoms with E-state index in [9.17, 15) is 4.79 Å². The third-order valence-electron chi connectivity index (χ3n) is 3.61. The minimum Gasteiger partial charge on any atom is -0.497 e. The Morgan fingerprint density at radius 1 is 1.27 bits per heavy atom. The molecule has 0 bridgehead atoms. The van der Waals surface area contributed by atoms with Crippen LogP contribution in [0.1, 0.15) is 15.9 Å². The third-order valence-corrected chi connectivity index (χ3v) is 3.61. The molecule has 0 aliphatic rings. The van der Waals surface area contributed by atoms with Gasteiger partial charge in [-0.1, -0.05) is 12.1 Å². The number of hydrogen-bond acceptors (Lipinski definition) is 4. The van der Waals surface area contributed by atoms with Crippen LogP contribution in [0, 0.1) is 0 Å². The van der Waals surface area contributed by atoms with Crippen LogP contribution in [0.3, 0.4) is 0 Å². The molecule has 0 aliphatic heterocycles. The van der Waals surface area contributed by atoms with Crippen molar-refractivity contribution in [3.8, 4) is 11.5 Å². The van der Waals surface area contributed by atoms with Crippen LogP contribution in [0.5, 0.6) is 11.5 Å². The van der Waals surface area contributed by atoms with E-state index in [4.69, 9.17) is 9.47 Å². The highest BCUT2D eigenvalue weighted by molar-refractivity contribution is 5.82. The minimum atomic E-state index is 0.371. The van der Waals surface area contributed by atoms with Gasteiger partial charge in [-0.3, -0.25) is 9.48 Å². The molecule has 0 saturated heterocycles. The maximum Gasteiger partial charge on any atom is 0.153 e. The Morgan fingerprint density at radius 2 is 2.14 bits per heavy atom. The lowest BCUT2D eigenvalue weighted by Gasteiger charge is -2.10. The first-order chi connectivity index (χ1) is 10.7. The van der Waals surface area contributed by atoms with E-state index < -0.39 is 0 Å². The summed E-state index contributed by atoms with van der Waals surface area (Å²) in [5.74, 6) is 1.17. The van der Waals surface area contributed by atoms with Crippen LogP contribution in [-0.2, 0) is 13.7 Å². The van der Waals surface area contributed by atoms with Gasteiger partial charge in [-0.2, -0.15) is 5.10 Å². The SMILES string of the molecule is COc1ccc(OCc2cccc3c2cnn3C)c(C=O)c1. The number of rotatable bonds is 5. The summed E-state index contributed by atoms with van der Waals surface area (Å²) in [6.07, 6.45) is 2.59. The molecule has 0 saturated carbocycles. The van der Waals surface area contributed by atoms with Crippen molar-refractivity contribution in [3.05, 3.63) is 53.7 Å². The zero-order valence-electron chi connectivity index (χ0n) is 12.4. The predicted molar refractivity (Wildman–Crippen MR) is 83.4 cm³/mol. The average Bonchev–Trinajstić information content (AvgIpc) is 2.94. The number of fused-ring (bicyclic) bond motifs is 1. The average molecular weight is 296 g/mol. The van der Waals surface area contributed by atoms with Gasteiger partial charge < -0.3 is 9.47 Å². The Hall–Kier alpha value is -2.82. The van der Waals surface area contributed by atoms with Crippen molar-refractivity contribution in [2.75, 3.05) is 7.11 Å². The Balaban J connectivity index is 1.86. The molecule has 0 unspecified atom stereocenters. The van der Waals surface area contributed by atoms with Gasteiger partial charge in [-0.15, -0.1) is 0 Å². The normalized spacial score (nSPS) is 10.6. The van der Waals surface area contributed by atoms with Crippen LogP contribution in [0.2, 0.25) is 0 Å². The maximum atomic E-state index is 11.2. The highest BCUT2D eigenvalue weighted by atomic mass is 16.5. The molecule has 5 heteroatoms. The lowest BCUT2D eigenvalue weighted by atomic mass is 10.1. The number of benzene rings is 2. The fraction of sp³-hybridized carbons (Fsp3) is 0.176. The zero-order chi connectivity index (χ0) is 15.5. The van der Waals surface area contributed by atoms with Crippen molar-refractivity contribution >= 4 is 17.2 Å². The predicted octanol–water partition coefficient (Wildman–Crippen LogP) is 2.97. The van der Waals surface area contributed by atoms with Gasteiger partial charge >= 0.3 is 0 Å². The maximum absolute atomic E-state index is 11.2. The molecule has 3 rings (SSSR count). The fourth-order valence-corrected chi connectivity index (χ4v) is 2.40. The molecule has 0 fully saturated rings. The van der Waals surface area contributed by atoms with E-state index >= 15 is 0 Å². The molecule has 1 heterocycles. The van der Waals surface area contributed by atoms with Crippen molar-refractivity contribution in [1.29, 1.82) is 0 Å². The summed E-state index contributed by atoms with van der Waals surface area (Å²) in [6, 6.07) is 11.1. The molecule has 0 spiro atoms. The van der Waals surface area contributed by atoms with E-state index in [0.29, 0.717) is 23.7 Å². The molecule has 0 aliphatic carbocycles. The quantitative estimate of drug-likeness (QED) is 0.679. The first kappa shape index (κ1) is 14.1. The first-order valence-corrected chi connectivity index (χ1v) is 6.88. The molecule has 112 valence electrons. The van der Waals surface area contributed by atoms with E-state index in [1.807, 2.05) is 36.1 Å². The van der Waals surface area contributed by atoms with Crippen molar-refractivity contribution in [2.45, 2.75) is 6.61 Å². The minimum absolute atomic E-state index is 0.371. The highest BCUT2D eigenvalue weighted by Crippen LogP contribution is 2.25. The summed E-state index contributed by atoms with van der Waals surface area (Å²) in [7, 11) is 3.47. The van der Waals surface area contributed by atoms with Crippen LogP contribution in [0.15, 0.2) is 42.6 Å². The molecule has 0 radical (unpaired) electrons. The van der Waals surface area contributed by atoms with Crippen LogP contribution in [0.25, 0.3) is 10.9 Å². The highest BCUT2D eigenvalue weighted by Gasteiger charge is 2.08. The second kappa shape index (κ2) is 5.89. The third kappa shape index (κ3) is 2.53. The van der Waals surface area contributed by atoms with Crippen molar-refractivity contribution in [1.82, 2.24) is 9.78 Å². The Morgan fingerprint density at radius 3 is 2.91 bits per heavy atom. The fourth-order valence-electron chi connectivity index (χ4n) is 2.40. The van der Waals surface area contributed by atoms with Crippen molar-refractivity contribution in [2.24, 2.45) is 7.05 Å². The molecular formula is C17H16N2O3. The Bertz CT molecular complexity index is 824. The molecular weight excluding hydrogens is 280 g/mol. The van der Waals surface area contributed by atoms with Gasteiger partial charge in [0.15, 0.2) is 6.29 Å². The van der Waals surface area contributed by atoms with E-state index in [2.05, 4.69) is 5.10 Å². The van der Waals surface area contributed by atoms with E-state index in [1.165, 1.54) is 0 Å². The number of nitrogens with zero attached hydrogens (tertiary/aromatic N) is 2. The summed E-state index contributed by atoms with van der Waals surface area (Å²) in [5, 5.41) is 5.30. The van der Waals surface area contributed by atoms with Crippen molar-refractivity contribution in [3.63, 3.8) is 0 Å². The standard InChI is InChI=1S/C17H16N2O3/c1-19-16-5-3-4-12(15(16)9-18-19)11-22-17-7-6-14(21-2)8-13(17)10-20/h3-10H,11H2,1-2H3. The van der Waals surface area contributed by atoms with E-state index in [0.717, 1.165) is 22.8 Å². The smallest absolute Gasteiger partial charge is 0.153 e. The largest absolute Gasteiger partial charge is 0.497 e. The van der Waals surface area contributed by atoms with Gasteiger partial charge in [0.25, 0.3) is 0 Å². The second-order valence-corrected chi connectivity index (χ2v) is 4.93. The Kier molecular flexibility index (Phi) is 3.78. The summed E-state index contributed by atoms with van der Waals surface area (Å²) in [4.78, 5) is 11.2. The molecule has 22 heavy (non-hydrogen) atoms. The van der Waals surface area contributed by atoms with E-state index in [-0.39, 0.29) is 0 Å². The molecule has 0 amide bonds. The van der Waals surface area contributed by atoms with Crippen molar-refractivity contribution < 1.29 is 14.3 Å². The molecule has 2 aromatic carbocycles. The van der Waals surface area contributed by atoms with Gasteiger partial charge in [0.05, 0.1) is 24.4 Å². The Labute approximate surface area is 128 Å². The number of carbonyl (C=O) groups is 1. The van der Waals surface area contributed by atoms with E-state index in [1.54, 1.807) is 25.3 Å². The number of hydrogen-bond donors (Lipinski definition) is 0. The number of aldehydes is 1. The topological polar surface area (TPSA) is 53.4 Å². The van der Waals surface area contributed by atoms with Gasteiger partial charge in [-0.25, -0.2) is 0 Å². The van der Waals surface area contributed by atoms with Crippen LogP contribution in [0.4, 0.5) is 0 Å². The lowest BCUT2D eigenvalue weighted by Crippen LogP contribution is -1.99. The van der Waals surface area contributed by atoms with Crippen LogP contribution in [-0.4, -0.2) is 23.2 Å². The zero-order valence-corrected chi connectivity index (χ0v) is 12.4. The summed E-state index contributed by atoms with van der Waals surface area (Å²) < 4.78 is 12.7. The number of aromatic nitrogens is 2. The number of ether oxygens (including phenoxy) is 2.